The van der Waals surface area contributed by atoms with Gasteiger partial charge in [0.05, 0.1) is 13.7 Å². The van der Waals surface area contributed by atoms with Gasteiger partial charge in [0.25, 0.3) is 0 Å². The zero-order valence-electron chi connectivity index (χ0n) is 18.2. The molecule has 1 N–H and O–H groups in total. The molecule has 0 bridgehead atoms. The molecular formula is C23H30N4O4. The van der Waals surface area contributed by atoms with E-state index < -0.39 is 0 Å². The molecule has 2 heterocycles. The number of ether oxygens (including phenoxy) is 2. The van der Waals surface area contributed by atoms with E-state index in [1.807, 2.05) is 4.90 Å². The number of likely N-dealkylation sites (tertiary alicyclic amines) is 1. The highest BCUT2D eigenvalue weighted by Gasteiger charge is 2.30. The number of benzene rings is 1. The number of aromatic nitrogens is 3. The van der Waals surface area contributed by atoms with Gasteiger partial charge in [-0.1, -0.05) is 0 Å². The van der Waals surface area contributed by atoms with Gasteiger partial charge in [0.1, 0.15) is 5.82 Å². The maximum atomic E-state index is 12.6. The minimum absolute atomic E-state index is 0.0223. The SMILES string of the molecule is COc1cc(C(C)=O)ccc1OCCCC(=O)N1CCC(c2nc(C3CC3)n[nH]2)CC1. The van der Waals surface area contributed by atoms with Crippen molar-refractivity contribution in [2.45, 2.75) is 57.3 Å². The molecule has 2 aliphatic rings. The maximum absolute atomic E-state index is 12.6. The molecule has 0 radical (unpaired) electrons. The van der Waals surface area contributed by atoms with E-state index >= 15 is 0 Å². The Morgan fingerprint density at radius 2 is 1.90 bits per heavy atom. The van der Waals surface area contributed by atoms with Gasteiger partial charge in [-0.15, -0.1) is 0 Å². The molecule has 1 aliphatic heterocycles. The van der Waals surface area contributed by atoms with Crippen molar-refractivity contribution >= 4 is 11.7 Å². The van der Waals surface area contributed by atoms with Crippen LogP contribution >= 0.6 is 0 Å². The van der Waals surface area contributed by atoms with Gasteiger partial charge in [-0.3, -0.25) is 14.7 Å². The van der Waals surface area contributed by atoms with Crippen molar-refractivity contribution in [3.8, 4) is 11.5 Å². The number of Topliss-reactive ketones (excluding diaryl/α,β-unsaturated/α-hetero) is 1. The van der Waals surface area contributed by atoms with Crippen LogP contribution in [0.5, 0.6) is 11.5 Å². The molecule has 1 saturated heterocycles. The number of H-pyrrole nitrogens is 1. The summed E-state index contributed by atoms with van der Waals surface area (Å²) < 4.78 is 11.1. The second-order valence-corrected chi connectivity index (χ2v) is 8.38. The van der Waals surface area contributed by atoms with E-state index in [2.05, 4.69) is 15.2 Å². The Balaban J connectivity index is 1.19. The second-order valence-electron chi connectivity index (χ2n) is 8.38. The minimum atomic E-state index is -0.0223. The summed E-state index contributed by atoms with van der Waals surface area (Å²) in [6, 6.07) is 5.13. The Morgan fingerprint density at radius 3 is 2.58 bits per heavy atom. The average molecular weight is 427 g/mol. The summed E-state index contributed by atoms with van der Waals surface area (Å²) in [4.78, 5) is 30.7. The van der Waals surface area contributed by atoms with Gasteiger partial charge in [-0.2, -0.15) is 5.10 Å². The van der Waals surface area contributed by atoms with E-state index in [1.54, 1.807) is 25.3 Å². The summed E-state index contributed by atoms with van der Waals surface area (Å²) in [6.07, 6.45) is 5.31. The Morgan fingerprint density at radius 1 is 1.13 bits per heavy atom. The number of rotatable bonds is 9. The number of nitrogens with zero attached hydrogens (tertiary/aromatic N) is 3. The fourth-order valence-electron chi connectivity index (χ4n) is 3.97. The lowest BCUT2D eigenvalue weighted by Crippen LogP contribution is -2.38. The molecule has 0 unspecified atom stereocenters. The fourth-order valence-corrected chi connectivity index (χ4v) is 3.97. The molecule has 1 aliphatic carbocycles. The van der Waals surface area contributed by atoms with E-state index in [-0.39, 0.29) is 11.7 Å². The summed E-state index contributed by atoms with van der Waals surface area (Å²) in [5, 5.41) is 7.46. The highest BCUT2D eigenvalue weighted by molar-refractivity contribution is 5.94. The summed E-state index contributed by atoms with van der Waals surface area (Å²) in [6.45, 7) is 3.44. The van der Waals surface area contributed by atoms with Crippen LogP contribution in [0.3, 0.4) is 0 Å². The molecule has 0 atom stereocenters. The van der Waals surface area contributed by atoms with Crippen LogP contribution in [0.4, 0.5) is 0 Å². The minimum Gasteiger partial charge on any atom is -0.493 e. The summed E-state index contributed by atoms with van der Waals surface area (Å²) >= 11 is 0. The molecule has 1 aromatic carbocycles. The number of ketones is 1. The number of methoxy groups -OCH3 is 1. The predicted molar refractivity (Wildman–Crippen MR) is 115 cm³/mol. The first kappa shape index (κ1) is 21.3. The molecule has 2 aromatic rings. The van der Waals surface area contributed by atoms with Gasteiger partial charge in [-0.05, 0) is 57.2 Å². The predicted octanol–water partition coefficient (Wildman–Crippen LogP) is 3.46. The Hall–Kier alpha value is -2.90. The third-order valence-corrected chi connectivity index (χ3v) is 6.06. The number of carbonyl (C=O) groups is 2. The molecule has 4 rings (SSSR count). The van der Waals surface area contributed by atoms with Crippen LogP contribution in [0.15, 0.2) is 18.2 Å². The van der Waals surface area contributed by atoms with Crippen molar-refractivity contribution in [3.63, 3.8) is 0 Å². The van der Waals surface area contributed by atoms with Gasteiger partial charge in [0.15, 0.2) is 23.1 Å². The third-order valence-electron chi connectivity index (χ3n) is 6.06. The van der Waals surface area contributed by atoms with Crippen LogP contribution in [-0.2, 0) is 4.79 Å². The monoisotopic (exact) mass is 426 g/mol. The molecule has 1 amide bonds. The zero-order valence-corrected chi connectivity index (χ0v) is 18.2. The van der Waals surface area contributed by atoms with E-state index in [0.29, 0.717) is 48.3 Å². The number of hydrogen-bond acceptors (Lipinski definition) is 6. The van der Waals surface area contributed by atoms with Crippen molar-refractivity contribution in [2.75, 3.05) is 26.8 Å². The topological polar surface area (TPSA) is 97.4 Å². The lowest BCUT2D eigenvalue weighted by molar-refractivity contribution is -0.132. The number of aromatic amines is 1. The van der Waals surface area contributed by atoms with Gasteiger partial charge in [-0.25, -0.2) is 4.98 Å². The number of amides is 1. The first-order valence-electron chi connectivity index (χ1n) is 11.1. The van der Waals surface area contributed by atoms with Crippen molar-refractivity contribution in [1.29, 1.82) is 0 Å². The normalized spacial score (nSPS) is 16.9. The van der Waals surface area contributed by atoms with Crippen molar-refractivity contribution in [3.05, 3.63) is 35.4 Å². The maximum Gasteiger partial charge on any atom is 0.222 e. The van der Waals surface area contributed by atoms with Crippen LogP contribution < -0.4 is 9.47 Å². The molecule has 0 spiro atoms. The standard InChI is InChI=1S/C23H30N4O4/c1-15(28)18-7-8-19(20(14-18)30-2)31-13-3-4-21(29)27-11-9-17(10-12-27)23-24-22(25-26-23)16-5-6-16/h7-8,14,16-17H,3-6,9-13H2,1-2H3,(H,24,25,26). The van der Waals surface area contributed by atoms with E-state index in [9.17, 15) is 9.59 Å². The van der Waals surface area contributed by atoms with Gasteiger partial charge in [0.2, 0.25) is 5.91 Å². The molecule has 1 saturated carbocycles. The summed E-state index contributed by atoms with van der Waals surface area (Å²) in [5.41, 5.74) is 0.580. The molecule has 31 heavy (non-hydrogen) atoms. The average Bonchev–Trinajstić information content (AvgIpc) is 3.53. The molecule has 1 aromatic heterocycles. The molecular weight excluding hydrogens is 396 g/mol. The molecule has 8 nitrogen and oxygen atoms in total. The highest BCUT2D eigenvalue weighted by Crippen LogP contribution is 2.38. The van der Waals surface area contributed by atoms with Crippen LogP contribution in [0, 0.1) is 0 Å². The van der Waals surface area contributed by atoms with Gasteiger partial charge < -0.3 is 14.4 Å². The van der Waals surface area contributed by atoms with Crippen LogP contribution in [0.2, 0.25) is 0 Å². The first-order valence-corrected chi connectivity index (χ1v) is 11.1. The smallest absolute Gasteiger partial charge is 0.222 e. The number of hydrogen-bond donors (Lipinski definition) is 1. The van der Waals surface area contributed by atoms with Crippen molar-refractivity contribution < 1.29 is 19.1 Å². The Bertz CT molecular complexity index is 929. The van der Waals surface area contributed by atoms with Crippen LogP contribution in [0.1, 0.15) is 79.3 Å². The Labute approximate surface area is 182 Å². The second kappa shape index (κ2) is 9.49. The first-order chi connectivity index (χ1) is 15.0. The molecule has 8 heteroatoms. The lowest BCUT2D eigenvalue weighted by Gasteiger charge is -2.31. The quantitative estimate of drug-likeness (QED) is 0.487. The summed E-state index contributed by atoms with van der Waals surface area (Å²) in [5.74, 6) is 4.10. The van der Waals surface area contributed by atoms with Crippen molar-refractivity contribution in [2.24, 2.45) is 0 Å². The zero-order chi connectivity index (χ0) is 21.8. The van der Waals surface area contributed by atoms with E-state index in [0.717, 1.165) is 37.6 Å². The van der Waals surface area contributed by atoms with Crippen LogP contribution in [0.25, 0.3) is 0 Å². The van der Waals surface area contributed by atoms with Gasteiger partial charge in [0, 0.05) is 36.9 Å². The summed E-state index contributed by atoms with van der Waals surface area (Å²) in [7, 11) is 1.55. The number of nitrogens with one attached hydrogen (secondary N) is 1. The Kier molecular flexibility index (Phi) is 6.53. The van der Waals surface area contributed by atoms with E-state index in [1.165, 1.54) is 19.8 Å². The molecule has 2 fully saturated rings. The van der Waals surface area contributed by atoms with Gasteiger partial charge >= 0.3 is 0 Å². The highest BCUT2D eigenvalue weighted by atomic mass is 16.5. The van der Waals surface area contributed by atoms with Crippen LogP contribution in [-0.4, -0.2) is 58.6 Å². The lowest BCUT2D eigenvalue weighted by atomic mass is 9.96. The number of carbonyl (C=O) groups excluding carboxylic acids is 2. The van der Waals surface area contributed by atoms with E-state index in [4.69, 9.17) is 9.47 Å². The fraction of sp³-hybridized carbons (Fsp3) is 0.565. The largest absolute Gasteiger partial charge is 0.493 e. The third kappa shape index (κ3) is 5.24. The molecule has 166 valence electrons. The number of piperidine rings is 1. The van der Waals surface area contributed by atoms with Crippen molar-refractivity contribution in [1.82, 2.24) is 20.1 Å².